The van der Waals surface area contributed by atoms with E-state index in [0.29, 0.717) is 11.6 Å². The minimum atomic E-state index is 0.460. The number of nitrogens with one attached hydrogen (secondary N) is 1. The Labute approximate surface area is 127 Å². The molecule has 1 N–H and O–H groups in total. The number of nitrogens with zero attached hydrogens (tertiary/aromatic N) is 2. The van der Waals surface area contributed by atoms with Crippen molar-refractivity contribution in [3.63, 3.8) is 0 Å². The van der Waals surface area contributed by atoms with Gasteiger partial charge in [0.05, 0.1) is 0 Å². The van der Waals surface area contributed by atoms with Gasteiger partial charge in [-0.05, 0) is 53.8 Å². The molecule has 0 aromatic carbocycles. The number of hydrogen-bond donors (Lipinski definition) is 1. The standard InChI is InChI=1S/C17H37N3/c1-6-7-8-10-16(2)18-13-14-20(5)15-17(19(3)4)11-9-12-17/h16,18H,6-15H2,1-5H3. The van der Waals surface area contributed by atoms with Crippen LogP contribution >= 0.6 is 0 Å². The molecule has 3 heteroatoms. The molecule has 0 bridgehead atoms. The van der Waals surface area contributed by atoms with Crippen LogP contribution in [0.5, 0.6) is 0 Å². The fourth-order valence-corrected chi connectivity index (χ4v) is 3.22. The maximum Gasteiger partial charge on any atom is 0.0330 e. The molecule has 0 aromatic rings. The third kappa shape index (κ3) is 5.71. The van der Waals surface area contributed by atoms with Crippen molar-refractivity contribution in [1.82, 2.24) is 15.1 Å². The molecule has 120 valence electrons. The van der Waals surface area contributed by atoms with Gasteiger partial charge in [0.2, 0.25) is 0 Å². The molecular weight excluding hydrogens is 246 g/mol. The van der Waals surface area contributed by atoms with Gasteiger partial charge in [0.15, 0.2) is 0 Å². The van der Waals surface area contributed by atoms with Crippen LogP contribution in [-0.2, 0) is 0 Å². The van der Waals surface area contributed by atoms with Gasteiger partial charge >= 0.3 is 0 Å². The highest BCUT2D eigenvalue weighted by Gasteiger charge is 2.39. The van der Waals surface area contributed by atoms with Gasteiger partial charge in [-0.3, -0.25) is 0 Å². The molecule has 1 unspecified atom stereocenters. The maximum atomic E-state index is 3.67. The molecule has 0 heterocycles. The van der Waals surface area contributed by atoms with Crippen molar-refractivity contribution in [2.45, 2.75) is 70.4 Å². The van der Waals surface area contributed by atoms with Crippen LogP contribution in [0.1, 0.15) is 58.8 Å². The van der Waals surface area contributed by atoms with Gasteiger partial charge in [0.1, 0.15) is 0 Å². The minimum Gasteiger partial charge on any atom is -0.313 e. The first kappa shape index (κ1) is 17.9. The smallest absolute Gasteiger partial charge is 0.0330 e. The summed E-state index contributed by atoms with van der Waals surface area (Å²) in [6.45, 7) is 8.09. The molecule has 1 atom stereocenters. The maximum absolute atomic E-state index is 3.67. The highest BCUT2D eigenvalue weighted by Crippen LogP contribution is 2.36. The largest absolute Gasteiger partial charge is 0.313 e. The van der Waals surface area contributed by atoms with Crippen molar-refractivity contribution in [2.24, 2.45) is 0 Å². The Morgan fingerprint density at radius 3 is 2.35 bits per heavy atom. The van der Waals surface area contributed by atoms with Crippen molar-refractivity contribution in [3.05, 3.63) is 0 Å². The average Bonchev–Trinajstić information content (AvgIpc) is 2.33. The molecule has 0 saturated heterocycles. The van der Waals surface area contributed by atoms with E-state index in [4.69, 9.17) is 0 Å². The highest BCUT2D eigenvalue weighted by molar-refractivity contribution is 4.97. The molecule has 1 aliphatic rings. The summed E-state index contributed by atoms with van der Waals surface area (Å²) in [5, 5.41) is 3.67. The van der Waals surface area contributed by atoms with Gasteiger partial charge in [-0.2, -0.15) is 0 Å². The lowest BCUT2D eigenvalue weighted by atomic mass is 9.75. The van der Waals surface area contributed by atoms with Gasteiger partial charge in [0, 0.05) is 31.2 Å². The van der Waals surface area contributed by atoms with Crippen LogP contribution in [0.2, 0.25) is 0 Å². The molecule has 1 fully saturated rings. The van der Waals surface area contributed by atoms with E-state index in [-0.39, 0.29) is 0 Å². The van der Waals surface area contributed by atoms with Gasteiger partial charge < -0.3 is 15.1 Å². The first-order valence-corrected chi connectivity index (χ1v) is 8.59. The van der Waals surface area contributed by atoms with Crippen molar-refractivity contribution < 1.29 is 0 Å². The Balaban J connectivity index is 2.12. The second kappa shape index (κ2) is 9.01. The van der Waals surface area contributed by atoms with Crippen molar-refractivity contribution in [1.29, 1.82) is 0 Å². The van der Waals surface area contributed by atoms with Crippen molar-refractivity contribution in [2.75, 3.05) is 40.8 Å². The van der Waals surface area contributed by atoms with Crippen LogP contribution in [0.15, 0.2) is 0 Å². The number of hydrogen-bond acceptors (Lipinski definition) is 3. The Hall–Kier alpha value is -0.120. The van der Waals surface area contributed by atoms with E-state index in [2.05, 4.69) is 50.1 Å². The van der Waals surface area contributed by atoms with Crippen molar-refractivity contribution >= 4 is 0 Å². The zero-order chi connectivity index (χ0) is 15.0. The predicted molar refractivity (Wildman–Crippen MR) is 89.4 cm³/mol. The molecule has 3 nitrogen and oxygen atoms in total. The van der Waals surface area contributed by atoms with E-state index in [1.165, 1.54) is 51.5 Å². The first-order chi connectivity index (χ1) is 9.50. The molecule has 0 aromatic heterocycles. The number of rotatable bonds is 11. The molecule has 0 amide bonds. The summed E-state index contributed by atoms with van der Waals surface area (Å²) in [6, 6.07) is 0.668. The Morgan fingerprint density at radius 1 is 1.15 bits per heavy atom. The molecule has 0 radical (unpaired) electrons. The minimum absolute atomic E-state index is 0.460. The van der Waals surface area contributed by atoms with E-state index >= 15 is 0 Å². The molecule has 1 saturated carbocycles. The van der Waals surface area contributed by atoms with E-state index in [1.807, 2.05) is 0 Å². The molecule has 20 heavy (non-hydrogen) atoms. The summed E-state index contributed by atoms with van der Waals surface area (Å²) in [4.78, 5) is 4.94. The number of unbranched alkanes of at least 4 members (excludes halogenated alkanes) is 2. The van der Waals surface area contributed by atoms with Crippen LogP contribution in [-0.4, -0.2) is 62.2 Å². The third-order valence-electron chi connectivity index (χ3n) is 5.02. The van der Waals surface area contributed by atoms with Gasteiger partial charge in [0.25, 0.3) is 0 Å². The summed E-state index contributed by atoms with van der Waals surface area (Å²) in [7, 11) is 6.75. The van der Waals surface area contributed by atoms with E-state index < -0.39 is 0 Å². The van der Waals surface area contributed by atoms with E-state index in [0.717, 1.165) is 13.1 Å². The highest BCUT2D eigenvalue weighted by atomic mass is 15.2. The Morgan fingerprint density at radius 2 is 1.85 bits per heavy atom. The Kier molecular flexibility index (Phi) is 8.08. The van der Waals surface area contributed by atoms with Crippen LogP contribution in [0, 0.1) is 0 Å². The first-order valence-electron chi connectivity index (χ1n) is 8.59. The van der Waals surface area contributed by atoms with E-state index in [9.17, 15) is 0 Å². The lowest BCUT2D eigenvalue weighted by Gasteiger charge is -2.49. The second-order valence-electron chi connectivity index (χ2n) is 7.06. The fourth-order valence-electron chi connectivity index (χ4n) is 3.22. The lowest BCUT2D eigenvalue weighted by molar-refractivity contribution is 0.0280. The second-order valence-corrected chi connectivity index (χ2v) is 7.06. The summed E-state index contributed by atoms with van der Waals surface area (Å²) in [5.41, 5.74) is 0.460. The van der Waals surface area contributed by atoms with Crippen LogP contribution < -0.4 is 5.32 Å². The average molecular weight is 284 g/mol. The summed E-state index contributed by atoms with van der Waals surface area (Å²) < 4.78 is 0. The summed E-state index contributed by atoms with van der Waals surface area (Å²) >= 11 is 0. The third-order valence-corrected chi connectivity index (χ3v) is 5.02. The summed E-state index contributed by atoms with van der Waals surface area (Å²) in [6.07, 6.45) is 9.51. The van der Waals surface area contributed by atoms with E-state index in [1.54, 1.807) is 0 Å². The zero-order valence-corrected chi connectivity index (χ0v) is 14.5. The SMILES string of the molecule is CCCCCC(C)NCCN(C)CC1(N(C)C)CCC1. The fraction of sp³-hybridized carbons (Fsp3) is 1.00. The topological polar surface area (TPSA) is 18.5 Å². The molecule has 0 spiro atoms. The molecule has 0 aliphatic heterocycles. The number of likely N-dealkylation sites (N-methyl/N-ethyl adjacent to an activating group) is 2. The molecular formula is C17H37N3. The normalized spacial score (nSPS) is 19.4. The lowest BCUT2D eigenvalue weighted by Crippen LogP contribution is -2.57. The van der Waals surface area contributed by atoms with Crippen LogP contribution in [0.25, 0.3) is 0 Å². The molecule has 1 rings (SSSR count). The van der Waals surface area contributed by atoms with Gasteiger partial charge in [-0.15, -0.1) is 0 Å². The zero-order valence-electron chi connectivity index (χ0n) is 14.5. The van der Waals surface area contributed by atoms with Gasteiger partial charge in [-0.1, -0.05) is 26.2 Å². The van der Waals surface area contributed by atoms with Crippen LogP contribution in [0.4, 0.5) is 0 Å². The quantitative estimate of drug-likeness (QED) is 0.588. The Bertz CT molecular complexity index is 249. The van der Waals surface area contributed by atoms with Gasteiger partial charge in [-0.25, -0.2) is 0 Å². The monoisotopic (exact) mass is 283 g/mol. The predicted octanol–water partition coefficient (Wildman–Crippen LogP) is 2.96. The molecule has 1 aliphatic carbocycles. The van der Waals surface area contributed by atoms with Crippen molar-refractivity contribution in [3.8, 4) is 0 Å². The van der Waals surface area contributed by atoms with Crippen LogP contribution in [0.3, 0.4) is 0 Å². The summed E-state index contributed by atoms with van der Waals surface area (Å²) in [5.74, 6) is 0.